The molecule has 4 rings (SSSR count). The molecule has 190 valence electrons. The number of Topliss-reactive ketones (excluding diaryl/α,β-unsaturated/α-hetero) is 1. The standard InChI is InChI=1S/C25H31N7O4/c1-3-4-12-31-23-19(29-25(31)30-11-7-8-17(26)14-30)13-28-32(24(23)35)15-20(33)18-9-5-6-10-21(18)36-16-22(34)27-2/h3-6,9-10,13,17H,7-8,11-12,14-16,26H2,1-2H3,(H,27,34). The third-order valence-electron chi connectivity index (χ3n) is 6.11. The SMILES string of the molecule is CC=CCn1c(N2CCCC(N)C2)nc2cnn(CC(=O)c3ccccc3OCC(=O)NC)c(=O)c21. The predicted octanol–water partition coefficient (Wildman–Crippen LogP) is 1.10. The van der Waals surface area contributed by atoms with E-state index in [2.05, 4.69) is 15.3 Å². The number of allylic oxidation sites excluding steroid dienone is 2. The number of benzene rings is 1. The summed E-state index contributed by atoms with van der Waals surface area (Å²) in [5.74, 6) is 0.259. The molecule has 0 spiro atoms. The lowest BCUT2D eigenvalue weighted by Crippen LogP contribution is -2.44. The molecule has 2 aromatic heterocycles. The smallest absolute Gasteiger partial charge is 0.293 e. The van der Waals surface area contributed by atoms with Crippen molar-refractivity contribution < 1.29 is 14.3 Å². The van der Waals surface area contributed by atoms with Crippen molar-refractivity contribution in [3.05, 3.63) is 58.5 Å². The fourth-order valence-corrected chi connectivity index (χ4v) is 4.26. The first-order valence-electron chi connectivity index (χ1n) is 12.0. The molecule has 0 radical (unpaired) electrons. The topological polar surface area (TPSA) is 137 Å². The molecule has 1 fully saturated rings. The van der Waals surface area contributed by atoms with Gasteiger partial charge in [-0.1, -0.05) is 24.3 Å². The molecule has 1 unspecified atom stereocenters. The quantitative estimate of drug-likeness (QED) is 0.334. The number of aromatic nitrogens is 4. The van der Waals surface area contributed by atoms with Gasteiger partial charge in [0.2, 0.25) is 5.95 Å². The molecule has 1 amide bonds. The highest BCUT2D eigenvalue weighted by Crippen LogP contribution is 2.24. The summed E-state index contributed by atoms with van der Waals surface area (Å²) in [5.41, 5.74) is 6.90. The number of nitrogens with zero attached hydrogens (tertiary/aromatic N) is 5. The minimum atomic E-state index is -0.408. The van der Waals surface area contributed by atoms with Gasteiger partial charge in [-0.05, 0) is 31.9 Å². The maximum Gasteiger partial charge on any atom is 0.293 e. The minimum absolute atomic E-state index is 0.0480. The van der Waals surface area contributed by atoms with E-state index in [-0.39, 0.29) is 42.2 Å². The van der Waals surface area contributed by atoms with Crippen molar-refractivity contribution in [2.75, 3.05) is 31.6 Å². The van der Waals surface area contributed by atoms with Gasteiger partial charge in [-0.25, -0.2) is 9.67 Å². The number of ketones is 1. The number of para-hydroxylation sites is 1. The van der Waals surface area contributed by atoms with Gasteiger partial charge in [0.25, 0.3) is 11.5 Å². The summed E-state index contributed by atoms with van der Waals surface area (Å²) >= 11 is 0. The van der Waals surface area contributed by atoms with Gasteiger partial charge in [0.15, 0.2) is 12.4 Å². The van der Waals surface area contributed by atoms with Crippen LogP contribution in [0.1, 0.15) is 30.1 Å². The van der Waals surface area contributed by atoms with Crippen LogP contribution < -0.4 is 26.2 Å². The molecular formula is C25H31N7O4. The van der Waals surface area contributed by atoms with Crippen molar-refractivity contribution in [3.63, 3.8) is 0 Å². The Labute approximate surface area is 208 Å². The van der Waals surface area contributed by atoms with Crippen LogP contribution in [0.5, 0.6) is 5.75 Å². The molecule has 1 aromatic carbocycles. The Bertz CT molecular complexity index is 1340. The number of rotatable bonds is 9. The highest BCUT2D eigenvalue weighted by atomic mass is 16.5. The van der Waals surface area contributed by atoms with Crippen LogP contribution in [-0.2, 0) is 17.9 Å². The van der Waals surface area contributed by atoms with Gasteiger partial charge < -0.3 is 25.3 Å². The first-order chi connectivity index (χ1) is 17.4. The maximum atomic E-state index is 13.5. The fraction of sp³-hybridized carbons (Fsp3) is 0.400. The van der Waals surface area contributed by atoms with Gasteiger partial charge in [-0.3, -0.25) is 14.4 Å². The van der Waals surface area contributed by atoms with Crippen LogP contribution in [0.15, 0.2) is 47.4 Å². The van der Waals surface area contributed by atoms with Crippen LogP contribution in [0, 0.1) is 0 Å². The third-order valence-corrected chi connectivity index (χ3v) is 6.11. The molecule has 11 heteroatoms. The van der Waals surface area contributed by atoms with Crippen LogP contribution in [-0.4, -0.2) is 63.8 Å². The van der Waals surface area contributed by atoms with E-state index in [1.54, 1.807) is 24.3 Å². The first-order valence-corrected chi connectivity index (χ1v) is 12.0. The lowest BCUT2D eigenvalue weighted by atomic mass is 10.1. The normalized spacial score (nSPS) is 16.0. The number of likely N-dealkylation sites (N-methyl/N-ethyl adjacent to an activating group) is 1. The Balaban J connectivity index is 1.67. The Hall–Kier alpha value is -3.99. The van der Waals surface area contributed by atoms with Crippen LogP contribution in [0.25, 0.3) is 11.0 Å². The Morgan fingerprint density at radius 1 is 1.31 bits per heavy atom. The number of imidazole rings is 1. The number of amides is 1. The molecule has 3 N–H and O–H groups in total. The number of piperidine rings is 1. The second-order valence-corrected chi connectivity index (χ2v) is 8.66. The number of fused-ring (bicyclic) bond motifs is 1. The van der Waals surface area contributed by atoms with Gasteiger partial charge >= 0.3 is 0 Å². The first kappa shape index (κ1) is 25.1. The zero-order valence-corrected chi connectivity index (χ0v) is 20.5. The van der Waals surface area contributed by atoms with Crippen molar-refractivity contribution in [1.82, 2.24) is 24.6 Å². The number of hydrogen-bond donors (Lipinski definition) is 2. The third kappa shape index (κ3) is 5.30. The van der Waals surface area contributed by atoms with E-state index in [1.807, 2.05) is 23.6 Å². The number of anilines is 1. The number of ether oxygens (including phenoxy) is 1. The molecule has 1 saturated heterocycles. The number of hydrogen-bond acceptors (Lipinski definition) is 8. The van der Waals surface area contributed by atoms with E-state index in [4.69, 9.17) is 15.5 Å². The number of nitrogens with one attached hydrogen (secondary N) is 1. The molecule has 0 aliphatic carbocycles. The van der Waals surface area contributed by atoms with Gasteiger partial charge in [0.1, 0.15) is 23.3 Å². The molecular weight excluding hydrogens is 462 g/mol. The molecule has 3 heterocycles. The molecule has 1 aliphatic heterocycles. The lowest BCUT2D eigenvalue weighted by Gasteiger charge is -2.31. The number of carbonyl (C=O) groups is 2. The van der Waals surface area contributed by atoms with Crippen LogP contribution in [0.3, 0.4) is 0 Å². The van der Waals surface area contributed by atoms with E-state index in [1.165, 1.54) is 13.2 Å². The Morgan fingerprint density at radius 3 is 2.86 bits per heavy atom. The summed E-state index contributed by atoms with van der Waals surface area (Å²) in [6.07, 6.45) is 7.28. The van der Waals surface area contributed by atoms with Gasteiger partial charge in [0.05, 0.1) is 11.8 Å². The zero-order chi connectivity index (χ0) is 25.7. The van der Waals surface area contributed by atoms with Crippen molar-refractivity contribution >= 4 is 28.7 Å². The molecule has 0 saturated carbocycles. The highest BCUT2D eigenvalue weighted by molar-refractivity contribution is 5.98. The predicted molar refractivity (Wildman–Crippen MR) is 136 cm³/mol. The van der Waals surface area contributed by atoms with Crippen molar-refractivity contribution in [1.29, 1.82) is 0 Å². The second kappa shape index (κ2) is 11.2. The number of nitrogens with two attached hydrogens (primary N) is 1. The molecule has 1 aliphatic rings. The van der Waals surface area contributed by atoms with E-state index >= 15 is 0 Å². The van der Waals surface area contributed by atoms with Crippen LogP contribution in [0.2, 0.25) is 0 Å². The van der Waals surface area contributed by atoms with Gasteiger partial charge in [0, 0.05) is 32.7 Å². The van der Waals surface area contributed by atoms with Gasteiger partial charge in [-0.2, -0.15) is 5.10 Å². The van der Waals surface area contributed by atoms with E-state index in [0.29, 0.717) is 30.1 Å². The largest absolute Gasteiger partial charge is 0.483 e. The maximum absolute atomic E-state index is 13.5. The zero-order valence-electron chi connectivity index (χ0n) is 20.5. The van der Waals surface area contributed by atoms with Crippen LogP contribution in [0.4, 0.5) is 5.95 Å². The Kier molecular flexibility index (Phi) is 7.79. The summed E-state index contributed by atoms with van der Waals surface area (Å²) in [6.45, 7) is 3.33. The van der Waals surface area contributed by atoms with Crippen molar-refractivity contribution in [2.24, 2.45) is 5.73 Å². The highest BCUT2D eigenvalue weighted by Gasteiger charge is 2.25. The monoisotopic (exact) mass is 493 g/mol. The van der Waals surface area contributed by atoms with E-state index in [9.17, 15) is 14.4 Å². The summed E-state index contributed by atoms with van der Waals surface area (Å²) in [5, 5.41) is 6.69. The average molecular weight is 494 g/mol. The fourth-order valence-electron chi connectivity index (χ4n) is 4.26. The van der Waals surface area contributed by atoms with E-state index in [0.717, 1.165) is 24.1 Å². The summed E-state index contributed by atoms with van der Waals surface area (Å²) < 4.78 is 8.51. The average Bonchev–Trinajstić information content (AvgIpc) is 3.27. The van der Waals surface area contributed by atoms with Crippen molar-refractivity contribution in [3.8, 4) is 5.75 Å². The Morgan fingerprint density at radius 2 is 2.11 bits per heavy atom. The van der Waals surface area contributed by atoms with Gasteiger partial charge in [-0.15, -0.1) is 0 Å². The minimum Gasteiger partial charge on any atom is -0.483 e. The van der Waals surface area contributed by atoms with E-state index < -0.39 is 5.56 Å². The molecule has 1 atom stereocenters. The molecule has 3 aromatic rings. The molecule has 0 bridgehead atoms. The lowest BCUT2D eigenvalue weighted by molar-refractivity contribution is -0.122. The summed E-state index contributed by atoms with van der Waals surface area (Å²) in [4.78, 5) is 45.0. The molecule has 36 heavy (non-hydrogen) atoms. The van der Waals surface area contributed by atoms with Crippen LogP contribution >= 0.6 is 0 Å². The molecule has 11 nitrogen and oxygen atoms in total. The summed E-state index contributed by atoms with van der Waals surface area (Å²) in [6, 6.07) is 6.66. The summed E-state index contributed by atoms with van der Waals surface area (Å²) in [7, 11) is 1.50. The van der Waals surface area contributed by atoms with Crippen molar-refractivity contribution in [2.45, 2.75) is 38.9 Å². The second-order valence-electron chi connectivity index (χ2n) is 8.66. The number of carbonyl (C=O) groups excluding carboxylic acids is 2.